The Morgan fingerprint density at radius 3 is 2.00 bits per heavy atom. The van der Waals surface area contributed by atoms with E-state index in [4.69, 9.17) is 5.73 Å². The summed E-state index contributed by atoms with van der Waals surface area (Å²) >= 11 is 0. The Balaban J connectivity index is 3.19. The molecule has 0 saturated heterocycles. The predicted molar refractivity (Wildman–Crippen MR) is 80.9 cm³/mol. The summed E-state index contributed by atoms with van der Waals surface area (Å²) in [4.78, 5) is 2.14. The van der Waals surface area contributed by atoms with Gasteiger partial charge >= 0.3 is 0 Å². The number of halogens is 1. The largest absolute Gasteiger partial charge is 0.368 e. The van der Waals surface area contributed by atoms with Crippen molar-refractivity contribution in [2.45, 2.75) is 40.7 Å². The summed E-state index contributed by atoms with van der Waals surface area (Å²) in [5, 5.41) is 0. The fraction of sp³-hybridized carbons (Fsp3) is 0.625. The van der Waals surface area contributed by atoms with Gasteiger partial charge in [0.25, 0.3) is 0 Å². The highest BCUT2D eigenvalue weighted by Crippen LogP contribution is 2.29. The van der Waals surface area contributed by atoms with Crippen LogP contribution in [0.2, 0.25) is 0 Å². The van der Waals surface area contributed by atoms with Gasteiger partial charge < -0.3 is 10.6 Å². The minimum atomic E-state index is -0.170. The first-order chi connectivity index (χ1) is 8.82. The fourth-order valence-electron chi connectivity index (χ4n) is 2.37. The van der Waals surface area contributed by atoms with Gasteiger partial charge in [-0.25, -0.2) is 4.39 Å². The summed E-state index contributed by atoms with van der Waals surface area (Å²) in [7, 11) is 0. The van der Waals surface area contributed by atoms with Crippen LogP contribution in [0.4, 0.5) is 10.1 Å². The molecule has 0 radical (unpaired) electrons. The number of anilines is 1. The van der Waals surface area contributed by atoms with E-state index in [0.717, 1.165) is 18.7 Å². The van der Waals surface area contributed by atoms with Crippen LogP contribution in [-0.2, 0) is 0 Å². The second-order valence-corrected chi connectivity index (χ2v) is 6.16. The third-order valence-corrected chi connectivity index (χ3v) is 3.00. The van der Waals surface area contributed by atoms with Gasteiger partial charge in [-0.05, 0) is 30.4 Å². The molecule has 0 unspecified atom stereocenters. The molecule has 0 heterocycles. The summed E-state index contributed by atoms with van der Waals surface area (Å²) in [6, 6.07) is 5.03. The highest BCUT2D eigenvalue weighted by molar-refractivity contribution is 5.56. The lowest BCUT2D eigenvalue weighted by Crippen LogP contribution is -2.33. The Hall–Kier alpha value is -1.09. The second kappa shape index (κ2) is 6.90. The first-order valence-corrected chi connectivity index (χ1v) is 7.11. The first kappa shape index (κ1) is 16.0. The van der Waals surface area contributed by atoms with Crippen LogP contribution in [0.15, 0.2) is 18.2 Å². The van der Waals surface area contributed by atoms with Crippen molar-refractivity contribution in [1.82, 2.24) is 0 Å². The summed E-state index contributed by atoms with van der Waals surface area (Å²) < 4.78 is 14.3. The van der Waals surface area contributed by atoms with Crippen LogP contribution < -0.4 is 10.6 Å². The molecule has 0 aromatic heterocycles. The minimum Gasteiger partial charge on any atom is -0.368 e. The first-order valence-electron chi connectivity index (χ1n) is 7.11. The van der Waals surface area contributed by atoms with Crippen LogP contribution in [0.5, 0.6) is 0 Å². The highest BCUT2D eigenvalue weighted by Gasteiger charge is 2.19. The summed E-state index contributed by atoms with van der Waals surface area (Å²) in [5.74, 6) is 0.801. The molecule has 0 amide bonds. The van der Waals surface area contributed by atoms with Crippen molar-refractivity contribution in [2.75, 3.05) is 18.0 Å². The standard InChI is InChI=1S/C16H27FN2/c1-11(2)9-19(10-12(3)4)16-14(13(5)18)7-6-8-15(16)17/h6-8,11-13H,9-10,18H2,1-5H3/t13-/m0/s1. The molecule has 1 aromatic carbocycles. The SMILES string of the molecule is CC(C)CN(CC(C)C)c1c(F)cccc1[C@H](C)N. The molecule has 0 bridgehead atoms. The van der Waals surface area contributed by atoms with Crippen LogP contribution >= 0.6 is 0 Å². The van der Waals surface area contributed by atoms with Crippen molar-refractivity contribution < 1.29 is 4.39 Å². The van der Waals surface area contributed by atoms with Crippen LogP contribution in [0, 0.1) is 17.7 Å². The summed E-state index contributed by atoms with van der Waals surface area (Å²) in [6.07, 6.45) is 0. The van der Waals surface area contributed by atoms with Gasteiger partial charge in [0.1, 0.15) is 5.82 Å². The molecule has 0 aliphatic heterocycles. The number of para-hydroxylation sites is 1. The number of hydrogen-bond donors (Lipinski definition) is 1. The highest BCUT2D eigenvalue weighted by atomic mass is 19.1. The van der Waals surface area contributed by atoms with Crippen molar-refractivity contribution in [3.05, 3.63) is 29.6 Å². The molecule has 1 aromatic rings. The lowest BCUT2D eigenvalue weighted by molar-refractivity contribution is 0.534. The molecule has 108 valence electrons. The van der Waals surface area contributed by atoms with Gasteiger partial charge in [0.15, 0.2) is 0 Å². The Morgan fingerprint density at radius 1 is 1.05 bits per heavy atom. The average molecular weight is 266 g/mol. The normalized spacial score (nSPS) is 13.1. The molecule has 0 aliphatic rings. The molecular formula is C16H27FN2. The van der Waals surface area contributed by atoms with Crippen molar-refractivity contribution >= 4 is 5.69 Å². The Bertz CT molecular complexity index is 390. The molecule has 0 spiro atoms. The summed E-state index contributed by atoms with van der Waals surface area (Å²) in [5.41, 5.74) is 7.56. The molecule has 2 N–H and O–H groups in total. The number of benzene rings is 1. The van der Waals surface area contributed by atoms with Crippen molar-refractivity contribution in [3.63, 3.8) is 0 Å². The third kappa shape index (κ3) is 4.50. The van der Waals surface area contributed by atoms with Crippen molar-refractivity contribution in [2.24, 2.45) is 17.6 Å². The maximum Gasteiger partial charge on any atom is 0.146 e. The Kier molecular flexibility index (Phi) is 5.80. The quantitative estimate of drug-likeness (QED) is 0.844. The average Bonchev–Trinajstić information content (AvgIpc) is 2.26. The Labute approximate surface area is 116 Å². The van der Waals surface area contributed by atoms with Crippen LogP contribution in [0.1, 0.15) is 46.2 Å². The van der Waals surface area contributed by atoms with Crippen LogP contribution in [0.3, 0.4) is 0 Å². The molecule has 19 heavy (non-hydrogen) atoms. The zero-order chi connectivity index (χ0) is 14.6. The monoisotopic (exact) mass is 266 g/mol. The van der Waals surface area contributed by atoms with E-state index in [2.05, 4.69) is 32.6 Å². The fourth-order valence-corrected chi connectivity index (χ4v) is 2.37. The van der Waals surface area contributed by atoms with Crippen molar-refractivity contribution in [3.8, 4) is 0 Å². The maximum atomic E-state index is 14.3. The van der Waals surface area contributed by atoms with E-state index < -0.39 is 0 Å². The van der Waals surface area contributed by atoms with E-state index in [-0.39, 0.29) is 11.9 Å². The zero-order valence-electron chi connectivity index (χ0n) is 12.8. The van der Waals surface area contributed by atoms with Gasteiger partial charge in [-0.15, -0.1) is 0 Å². The van der Waals surface area contributed by atoms with E-state index >= 15 is 0 Å². The molecule has 1 rings (SSSR count). The van der Waals surface area contributed by atoms with Gasteiger partial charge in [-0.3, -0.25) is 0 Å². The molecule has 0 saturated carbocycles. The van der Waals surface area contributed by atoms with E-state index in [1.807, 2.05) is 13.0 Å². The smallest absolute Gasteiger partial charge is 0.146 e. The number of hydrogen-bond acceptors (Lipinski definition) is 2. The molecule has 1 atom stereocenters. The second-order valence-electron chi connectivity index (χ2n) is 6.16. The predicted octanol–water partition coefficient (Wildman–Crippen LogP) is 3.96. The number of rotatable bonds is 6. The van der Waals surface area contributed by atoms with Crippen LogP contribution in [0.25, 0.3) is 0 Å². The van der Waals surface area contributed by atoms with Gasteiger partial charge in [-0.2, -0.15) is 0 Å². The van der Waals surface area contributed by atoms with E-state index in [1.54, 1.807) is 6.07 Å². The molecule has 0 fully saturated rings. The molecular weight excluding hydrogens is 239 g/mol. The van der Waals surface area contributed by atoms with Gasteiger partial charge in [-0.1, -0.05) is 39.8 Å². The van der Waals surface area contributed by atoms with Gasteiger partial charge in [0, 0.05) is 19.1 Å². The zero-order valence-corrected chi connectivity index (χ0v) is 12.8. The number of nitrogens with zero attached hydrogens (tertiary/aromatic N) is 1. The third-order valence-electron chi connectivity index (χ3n) is 3.00. The molecule has 3 heteroatoms. The molecule has 2 nitrogen and oxygen atoms in total. The van der Waals surface area contributed by atoms with E-state index in [1.165, 1.54) is 6.07 Å². The van der Waals surface area contributed by atoms with E-state index in [0.29, 0.717) is 17.5 Å². The Morgan fingerprint density at radius 2 is 1.58 bits per heavy atom. The maximum absolute atomic E-state index is 14.3. The topological polar surface area (TPSA) is 29.3 Å². The van der Waals surface area contributed by atoms with Gasteiger partial charge in [0.2, 0.25) is 0 Å². The van der Waals surface area contributed by atoms with E-state index in [9.17, 15) is 4.39 Å². The van der Waals surface area contributed by atoms with Crippen molar-refractivity contribution in [1.29, 1.82) is 0 Å². The lowest BCUT2D eigenvalue weighted by atomic mass is 10.0. The molecule has 0 aliphatic carbocycles. The summed E-state index contributed by atoms with van der Waals surface area (Å²) in [6.45, 7) is 12.2. The lowest BCUT2D eigenvalue weighted by Gasteiger charge is -2.31. The van der Waals surface area contributed by atoms with Gasteiger partial charge in [0.05, 0.1) is 5.69 Å². The minimum absolute atomic E-state index is 0.160. The number of nitrogens with two attached hydrogens (primary N) is 1. The van der Waals surface area contributed by atoms with Crippen LogP contribution in [-0.4, -0.2) is 13.1 Å².